The summed E-state index contributed by atoms with van der Waals surface area (Å²) in [5.41, 5.74) is 6.90. The summed E-state index contributed by atoms with van der Waals surface area (Å²) in [5.74, 6) is 0. The summed E-state index contributed by atoms with van der Waals surface area (Å²) in [7, 11) is 0. The van der Waals surface area contributed by atoms with Crippen LogP contribution in [-0.4, -0.2) is 6.54 Å². The van der Waals surface area contributed by atoms with Crippen molar-refractivity contribution in [1.29, 1.82) is 0 Å². The van der Waals surface area contributed by atoms with E-state index in [1.165, 1.54) is 0 Å². The van der Waals surface area contributed by atoms with Gasteiger partial charge in [-0.1, -0.05) is 13.2 Å². The normalized spacial score (nSPS) is 8.25. The van der Waals surface area contributed by atoms with E-state index in [4.69, 9.17) is 5.73 Å². The second-order valence-electron chi connectivity index (χ2n) is 1.71. The van der Waals surface area contributed by atoms with Gasteiger partial charge in [-0.25, -0.2) is 0 Å². The van der Waals surface area contributed by atoms with Crippen LogP contribution < -0.4 is 11.1 Å². The Balaban J connectivity index is 3.40. The number of rotatable bonds is 3. The van der Waals surface area contributed by atoms with E-state index in [-0.39, 0.29) is 0 Å². The van der Waals surface area contributed by atoms with Crippen molar-refractivity contribution in [1.82, 2.24) is 5.32 Å². The summed E-state index contributed by atoms with van der Waals surface area (Å²) >= 11 is 0. The second kappa shape index (κ2) is 3.27. The summed E-state index contributed by atoms with van der Waals surface area (Å²) in [6.45, 7) is 9.56. The summed E-state index contributed by atoms with van der Waals surface area (Å²) in [5, 5.41) is 2.88. The molecular weight excluding hydrogens is 100 g/mol. The highest BCUT2D eigenvalue weighted by Crippen LogP contribution is 1.84. The van der Waals surface area contributed by atoms with Gasteiger partial charge in [-0.05, 0) is 6.92 Å². The van der Waals surface area contributed by atoms with Gasteiger partial charge in [0, 0.05) is 17.9 Å². The predicted molar refractivity (Wildman–Crippen MR) is 36.1 cm³/mol. The molecule has 0 aromatic heterocycles. The Hall–Kier alpha value is -0.760. The van der Waals surface area contributed by atoms with Crippen LogP contribution in [0.4, 0.5) is 0 Å². The third-order valence-corrected chi connectivity index (χ3v) is 0.637. The van der Waals surface area contributed by atoms with Crippen molar-refractivity contribution in [3.05, 3.63) is 24.6 Å². The number of nitrogens with two attached hydrogens (primary N) is 1. The van der Waals surface area contributed by atoms with E-state index in [1.807, 2.05) is 6.92 Å². The summed E-state index contributed by atoms with van der Waals surface area (Å²) in [6, 6.07) is 0. The summed E-state index contributed by atoms with van der Waals surface area (Å²) in [6.07, 6.45) is 0. The van der Waals surface area contributed by atoms with Crippen LogP contribution in [0.3, 0.4) is 0 Å². The third-order valence-electron chi connectivity index (χ3n) is 0.637. The molecule has 2 nitrogen and oxygen atoms in total. The molecule has 0 rings (SSSR count). The average molecular weight is 112 g/mol. The lowest BCUT2D eigenvalue weighted by molar-refractivity contribution is 0.926. The first kappa shape index (κ1) is 7.24. The third kappa shape index (κ3) is 3.43. The molecule has 0 aliphatic heterocycles. The first-order chi connectivity index (χ1) is 3.66. The maximum Gasteiger partial charge on any atom is 0.0326 e. The zero-order valence-electron chi connectivity index (χ0n) is 5.20. The molecule has 0 heterocycles. The van der Waals surface area contributed by atoms with Gasteiger partial charge in [-0.15, -0.1) is 0 Å². The van der Waals surface area contributed by atoms with Crippen molar-refractivity contribution in [3.8, 4) is 0 Å². The fourth-order valence-corrected chi connectivity index (χ4v) is 0.353. The zero-order chi connectivity index (χ0) is 6.57. The van der Waals surface area contributed by atoms with Gasteiger partial charge >= 0.3 is 0 Å². The average Bonchev–Trinajstić information content (AvgIpc) is 1.65. The number of nitrogens with one attached hydrogen (secondary N) is 1. The van der Waals surface area contributed by atoms with Gasteiger partial charge in [-0.3, -0.25) is 0 Å². The van der Waals surface area contributed by atoms with Gasteiger partial charge in [0.2, 0.25) is 0 Å². The molecule has 46 valence electrons. The van der Waals surface area contributed by atoms with E-state index in [9.17, 15) is 0 Å². The Morgan fingerprint density at radius 2 is 2.12 bits per heavy atom. The maximum absolute atomic E-state index is 5.22. The van der Waals surface area contributed by atoms with Crippen LogP contribution in [-0.2, 0) is 0 Å². The van der Waals surface area contributed by atoms with Crippen LogP contribution in [0, 0.1) is 0 Å². The molecule has 3 N–H and O–H groups in total. The van der Waals surface area contributed by atoms with Crippen LogP contribution in [0.1, 0.15) is 6.92 Å². The molecule has 0 amide bonds. The Morgan fingerprint density at radius 3 is 2.25 bits per heavy atom. The number of hydrogen-bond donors (Lipinski definition) is 2. The molecule has 0 aromatic carbocycles. The van der Waals surface area contributed by atoms with Crippen molar-refractivity contribution in [2.24, 2.45) is 5.73 Å². The molecule has 0 atom stereocenters. The lowest BCUT2D eigenvalue weighted by Gasteiger charge is -2.03. The standard InChI is InChI=1S/C6H12N2/c1-5(2)8-6(3)4-7/h8H,1,3-4,7H2,2H3. The molecule has 0 radical (unpaired) electrons. The van der Waals surface area contributed by atoms with Gasteiger partial charge in [0.15, 0.2) is 0 Å². The van der Waals surface area contributed by atoms with E-state index in [2.05, 4.69) is 18.5 Å². The monoisotopic (exact) mass is 112 g/mol. The molecule has 8 heavy (non-hydrogen) atoms. The molecule has 0 aromatic rings. The van der Waals surface area contributed by atoms with Gasteiger partial charge in [0.25, 0.3) is 0 Å². The summed E-state index contributed by atoms with van der Waals surface area (Å²) < 4.78 is 0. The van der Waals surface area contributed by atoms with Gasteiger partial charge in [-0.2, -0.15) is 0 Å². The van der Waals surface area contributed by atoms with E-state index in [1.54, 1.807) is 0 Å². The minimum Gasteiger partial charge on any atom is -0.362 e. The van der Waals surface area contributed by atoms with Crippen LogP contribution in [0.15, 0.2) is 24.6 Å². The van der Waals surface area contributed by atoms with Crippen LogP contribution in [0.2, 0.25) is 0 Å². The van der Waals surface area contributed by atoms with Gasteiger partial charge in [0.05, 0.1) is 0 Å². The highest BCUT2D eigenvalue weighted by molar-refractivity contribution is 5.02. The molecule has 0 aliphatic carbocycles. The lowest BCUT2D eigenvalue weighted by Crippen LogP contribution is -2.16. The summed E-state index contributed by atoms with van der Waals surface area (Å²) in [4.78, 5) is 0. The van der Waals surface area contributed by atoms with Crippen molar-refractivity contribution < 1.29 is 0 Å². The number of allylic oxidation sites excluding steroid dienone is 1. The van der Waals surface area contributed by atoms with Crippen LogP contribution in [0.5, 0.6) is 0 Å². The van der Waals surface area contributed by atoms with Crippen molar-refractivity contribution in [2.45, 2.75) is 6.92 Å². The second-order valence-corrected chi connectivity index (χ2v) is 1.71. The Labute approximate surface area is 50.1 Å². The number of hydrogen-bond acceptors (Lipinski definition) is 2. The minimum atomic E-state index is 0.465. The molecule has 0 unspecified atom stereocenters. The fraction of sp³-hybridized carbons (Fsp3) is 0.333. The minimum absolute atomic E-state index is 0.465. The molecule has 0 saturated carbocycles. The van der Waals surface area contributed by atoms with Crippen LogP contribution in [0.25, 0.3) is 0 Å². The molecular formula is C6H12N2. The molecule has 0 fully saturated rings. The maximum atomic E-state index is 5.22. The first-order valence-electron chi connectivity index (χ1n) is 2.47. The van der Waals surface area contributed by atoms with Crippen molar-refractivity contribution >= 4 is 0 Å². The molecule has 2 heteroatoms. The van der Waals surface area contributed by atoms with Gasteiger partial charge in [0.1, 0.15) is 0 Å². The van der Waals surface area contributed by atoms with Gasteiger partial charge < -0.3 is 11.1 Å². The Morgan fingerprint density at radius 1 is 1.62 bits per heavy atom. The quantitative estimate of drug-likeness (QED) is 0.560. The van der Waals surface area contributed by atoms with Crippen molar-refractivity contribution in [2.75, 3.05) is 6.54 Å². The molecule has 0 saturated heterocycles. The predicted octanol–water partition coefficient (Wildman–Crippen LogP) is 0.582. The van der Waals surface area contributed by atoms with E-state index in [0.29, 0.717) is 6.54 Å². The zero-order valence-corrected chi connectivity index (χ0v) is 5.20. The largest absolute Gasteiger partial charge is 0.362 e. The van der Waals surface area contributed by atoms with Crippen molar-refractivity contribution in [3.63, 3.8) is 0 Å². The SMILES string of the molecule is C=C(C)NC(=C)CN. The van der Waals surface area contributed by atoms with Crippen LogP contribution >= 0.6 is 0 Å². The first-order valence-corrected chi connectivity index (χ1v) is 2.47. The fourth-order valence-electron chi connectivity index (χ4n) is 0.353. The highest BCUT2D eigenvalue weighted by Gasteiger charge is 1.84. The van der Waals surface area contributed by atoms with E-state index < -0.39 is 0 Å². The molecule has 0 aliphatic rings. The Kier molecular flexibility index (Phi) is 2.96. The molecule has 0 bridgehead atoms. The lowest BCUT2D eigenvalue weighted by atomic mass is 10.4. The Bertz CT molecular complexity index is 105. The topological polar surface area (TPSA) is 38.0 Å². The van der Waals surface area contributed by atoms with E-state index >= 15 is 0 Å². The smallest absolute Gasteiger partial charge is 0.0326 e. The highest BCUT2D eigenvalue weighted by atomic mass is 14.9. The van der Waals surface area contributed by atoms with E-state index in [0.717, 1.165) is 11.4 Å². The molecule has 0 spiro atoms.